The van der Waals surface area contributed by atoms with E-state index in [1.165, 1.54) is 32.1 Å². The van der Waals surface area contributed by atoms with Crippen molar-refractivity contribution in [3.8, 4) is 0 Å². The minimum absolute atomic E-state index is 0.113. The normalized spacial score (nSPS) is 13.2. The first kappa shape index (κ1) is 61.5. The first-order chi connectivity index (χ1) is 32.5. The first-order valence-corrected chi connectivity index (χ1v) is 26.2. The molecule has 0 aliphatic carbocycles. The SMILES string of the molecule is CC/C=C\C/C=C\C/C=C\C/C=C\C/C=C\C/C=C\CCCCCCC(=O)OCC(COC(=O)CCCCCCCCCC)OC(=O)CCC/C=C\C/C=C\C/C=C\C/C=C\C/C=C\CC. The summed E-state index contributed by atoms with van der Waals surface area (Å²) < 4.78 is 16.7. The molecule has 0 amide bonds. The van der Waals surface area contributed by atoms with Crippen LogP contribution < -0.4 is 0 Å². The van der Waals surface area contributed by atoms with Crippen molar-refractivity contribution in [1.29, 1.82) is 0 Å². The predicted molar refractivity (Wildman–Crippen MR) is 283 cm³/mol. The summed E-state index contributed by atoms with van der Waals surface area (Å²) in [5, 5.41) is 0. The molecule has 0 saturated heterocycles. The molecular formula is C60H94O6. The van der Waals surface area contributed by atoms with Crippen LogP contribution >= 0.6 is 0 Å². The van der Waals surface area contributed by atoms with Crippen LogP contribution in [-0.2, 0) is 28.6 Å². The largest absolute Gasteiger partial charge is 0.462 e. The van der Waals surface area contributed by atoms with E-state index in [1.807, 2.05) is 0 Å². The van der Waals surface area contributed by atoms with E-state index in [2.05, 4.69) is 154 Å². The van der Waals surface area contributed by atoms with Gasteiger partial charge in [0.1, 0.15) is 13.2 Å². The van der Waals surface area contributed by atoms with Gasteiger partial charge in [-0.1, -0.05) is 212 Å². The minimum atomic E-state index is -0.820. The van der Waals surface area contributed by atoms with Crippen molar-refractivity contribution in [2.45, 2.75) is 213 Å². The summed E-state index contributed by atoms with van der Waals surface area (Å²) in [6.45, 7) is 6.29. The molecule has 66 heavy (non-hydrogen) atoms. The van der Waals surface area contributed by atoms with E-state index < -0.39 is 6.10 Å². The summed E-state index contributed by atoms with van der Waals surface area (Å²) in [7, 11) is 0. The maximum Gasteiger partial charge on any atom is 0.306 e. The van der Waals surface area contributed by atoms with Gasteiger partial charge in [0.05, 0.1) is 0 Å². The number of unbranched alkanes of at least 4 members (excludes halogenated alkanes) is 12. The van der Waals surface area contributed by atoms with Crippen LogP contribution in [0.25, 0.3) is 0 Å². The highest BCUT2D eigenvalue weighted by molar-refractivity contribution is 5.71. The Bertz CT molecular complexity index is 1460. The highest BCUT2D eigenvalue weighted by atomic mass is 16.6. The van der Waals surface area contributed by atoms with Crippen LogP contribution in [0.2, 0.25) is 0 Å². The lowest BCUT2D eigenvalue weighted by Crippen LogP contribution is -2.30. The molecule has 6 heteroatoms. The van der Waals surface area contributed by atoms with Gasteiger partial charge in [-0.05, 0) is 109 Å². The second-order valence-corrected chi connectivity index (χ2v) is 16.7. The summed E-state index contributed by atoms with van der Waals surface area (Å²) in [4.78, 5) is 37.9. The summed E-state index contributed by atoms with van der Waals surface area (Å²) in [6.07, 6.45) is 74.5. The number of allylic oxidation sites excluding steroid dienone is 22. The molecule has 0 aliphatic rings. The third-order valence-corrected chi connectivity index (χ3v) is 10.4. The fourth-order valence-electron chi connectivity index (χ4n) is 6.54. The topological polar surface area (TPSA) is 78.9 Å². The molecule has 0 spiro atoms. The monoisotopic (exact) mass is 911 g/mol. The molecule has 1 atom stereocenters. The van der Waals surface area contributed by atoms with Gasteiger partial charge in [-0.3, -0.25) is 14.4 Å². The number of carbonyl (C=O) groups is 3. The molecule has 0 bridgehead atoms. The molecule has 370 valence electrons. The van der Waals surface area contributed by atoms with Gasteiger partial charge >= 0.3 is 17.9 Å². The molecule has 0 aromatic carbocycles. The lowest BCUT2D eigenvalue weighted by molar-refractivity contribution is -0.167. The summed E-state index contributed by atoms with van der Waals surface area (Å²) >= 11 is 0. The Kier molecular flexibility index (Phi) is 49.6. The number of carbonyl (C=O) groups excluding carboxylic acids is 3. The third-order valence-electron chi connectivity index (χ3n) is 10.4. The van der Waals surface area contributed by atoms with Gasteiger partial charge in [0.25, 0.3) is 0 Å². The van der Waals surface area contributed by atoms with Gasteiger partial charge in [0.15, 0.2) is 6.10 Å². The molecule has 1 unspecified atom stereocenters. The van der Waals surface area contributed by atoms with Gasteiger partial charge in [-0.25, -0.2) is 0 Å². The average Bonchev–Trinajstić information content (AvgIpc) is 3.31. The molecule has 0 aromatic heterocycles. The van der Waals surface area contributed by atoms with Crippen LogP contribution in [0.4, 0.5) is 0 Å². The van der Waals surface area contributed by atoms with Gasteiger partial charge in [0.2, 0.25) is 0 Å². The zero-order chi connectivity index (χ0) is 47.9. The minimum Gasteiger partial charge on any atom is -0.462 e. The standard InChI is InChI=1S/C60H94O6/c1-4-7-10-13-16-19-21-23-25-27-28-29-30-31-32-34-35-37-39-41-44-47-50-53-59(62)65-56-57(55-64-58(61)52-49-46-43-18-15-12-9-6-3)66-60(63)54-51-48-45-42-40-38-36-33-26-24-22-20-17-14-11-8-5-2/h7-8,10-11,16-17,19-20,23-26,28-29,31-32,35-38,42,45,57H,4-6,9,12-15,18,21-22,27,30,33-34,39-41,43-44,46-56H2,1-3H3/b10-7-,11-8-,19-16-,20-17-,25-23-,26-24-,29-28-,32-31-,37-35-,38-36-,45-42-. The zero-order valence-corrected chi connectivity index (χ0v) is 42.1. The van der Waals surface area contributed by atoms with E-state index in [0.29, 0.717) is 19.3 Å². The molecule has 0 aliphatic heterocycles. The maximum absolute atomic E-state index is 12.8. The Morgan fingerprint density at radius 3 is 0.970 bits per heavy atom. The van der Waals surface area contributed by atoms with Gasteiger partial charge < -0.3 is 14.2 Å². The van der Waals surface area contributed by atoms with Crippen molar-refractivity contribution in [3.05, 3.63) is 134 Å². The van der Waals surface area contributed by atoms with E-state index >= 15 is 0 Å². The maximum atomic E-state index is 12.8. The van der Waals surface area contributed by atoms with Crippen LogP contribution in [0.15, 0.2) is 134 Å². The highest BCUT2D eigenvalue weighted by Crippen LogP contribution is 2.12. The van der Waals surface area contributed by atoms with Crippen LogP contribution in [0, 0.1) is 0 Å². The summed E-state index contributed by atoms with van der Waals surface area (Å²) in [6, 6.07) is 0. The van der Waals surface area contributed by atoms with Crippen LogP contribution in [0.3, 0.4) is 0 Å². The quantitative estimate of drug-likeness (QED) is 0.0262. The van der Waals surface area contributed by atoms with Crippen molar-refractivity contribution in [2.75, 3.05) is 13.2 Å². The van der Waals surface area contributed by atoms with Gasteiger partial charge in [0, 0.05) is 19.3 Å². The molecule has 0 rings (SSSR count). The molecule has 0 N–H and O–H groups in total. The second-order valence-electron chi connectivity index (χ2n) is 16.7. The van der Waals surface area contributed by atoms with E-state index in [1.54, 1.807) is 0 Å². The summed E-state index contributed by atoms with van der Waals surface area (Å²) in [5.41, 5.74) is 0. The fourth-order valence-corrected chi connectivity index (χ4v) is 6.54. The fraction of sp³-hybridized carbons (Fsp3) is 0.583. The van der Waals surface area contributed by atoms with Gasteiger partial charge in [-0.15, -0.1) is 0 Å². The number of ether oxygens (including phenoxy) is 3. The third kappa shape index (κ3) is 50.5. The Hall–Kier alpha value is -4.45. The second kappa shape index (κ2) is 53.2. The van der Waals surface area contributed by atoms with E-state index in [0.717, 1.165) is 128 Å². The van der Waals surface area contributed by atoms with Crippen molar-refractivity contribution in [1.82, 2.24) is 0 Å². The van der Waals surface area contributed by atoms with E-state index in [4.69, 9.17) is 14.2 Å². The van der Waals surface area contributed by atoms with Crippen LogP contribution in [-0.4, -0.2) is 37.2 Å². The molecule has 0 radical (unpaired) electrons. The molecule has 0 heterocycles. The average molecular weight is 911 g/mol. The lowest BCUT2D eigenvalue weighted by atomic mass is 10.1. The Balaban J connectivity index is 4.44. The lowest BCUT2D eigenvalue weighted by Gasteiger charge is -2.18. The molecule has 6 nitrogen and oxygen atoms in total. The van der Waals surface area contributed by atoms with Crippen molar-refractivity contribution >= 4 is 17.9 Å². The Morgan fingerprint density at radius 2 is 0.606 bits per heavy atom. The van der Waals surface area contributed by atoms with Crippen molar-refractivity contribution in [2.24, 2.45) is 0 Å². The van der Waals surface area contributed by atoms with Crippen LogP contribution in [0.1, 0.15) is 207 Å². The molecule has 0 aromatic rings. The highest BCUT2D eigenvalue weighted by Gasteiger charge is 2.19. The number of hydrogen-bond acceptors (Lipinski definition) is 6. The van der Waals surface area contributed by atoms with E-state index in [-0.39, 0.29) is 37.5 Å². The molecular weight excluding hydrogens is 817 g/mol. The number of rotatable bonds is 45. The molecule has 0 saturated carbocycles. The zero-order valence-electron chi connectivity index (χ0n) is 42.1. The Labute approximate surface area is 405 Å². The van der Waals surface area contributed by atoms with E-state index in [9.17, 15) is 14.4 Å². The Morgan fingerprint density at radius 1 is 0.318 bits per heavy atom. The smallest absolute Gasteiger partial charge is 0.306 e. The first-order valence-electron chi connectivity index (χ1n) is 26.2. The summed E-state index contributed by atoms with van der Waals surface area (Å²) in [5.74, 6) is -1.01. The number of hydrogen-bond donors (Lipinski definition) is 0. The van der Waals surface area contributed by atoms with Crippen LogP contribution in [0.5, 0.6) is 0 Å². The van der Waals surface area contributed by atoms with Gasteiger partial charge in [-0.2, -0.15) is 0 Å². The number of esters is 3. The van der Waals surface area contributed by atoms with Crippen molar-refractivity contribution < 1.29 is 28.6 Å². The van der Waals surface area contributed by atoms with Crippen molar-refractivity contribution in [3.63, 3.8) is 0 Å². The predicted octanol–water partition coefficient (Wildman–Crippen LogP) is 17.5. The molecule has 0 fully saturated rings.